The third-order valence-corrected chi connectivity index (χ3v) is 1.94. The summed E-state index contributed by atoms with van der Waals surface area (Å²) in [4.78, 5) is 0. The van der Waals surface area contributed by atoms with Gasteiger partial charge in [-0.25, -0.2) is 0 Å². The van der Waals surface area contributed by atoms with E-state index in [2.05, 4.69) is 5.32 Å². The van der Waals surface area contributed by atoms with E-state index in [1.54, 1.807) is 0 Å². The van der Waals surface area contributed by atoms with Gasteiger partial charge < -0.3 is 19.9 Å². The lowest BCUT2D eigenvalue weighted by atomic mass is 10.2. The molecule has 1 heterocycles. The molecular weight excluding hydrogens is 158 g/mol. The van der Waals surface area contributed by atoms with Crippen LogP contribution >= 0.6 is 0 Å². The monoisotopic (exact) mass is 175 g/mol. The van der Waals surface area contributed by atoms with Gasteiger partial charge in [-0.1, -0.05) is 0 Å². The standard InChI is InChI=1S/C8H17NO3/c1-7(5-10)9-4-8-2-3-11-6-12-8/h7-10H,2-6H2,1H3. The minimum atomic E-state index is 0.149. The number of aliphatic hydroxyl groups excluding tert-OH is 1. The molecule has 0 radical (unpaired) electrons. The van der Waals surface area contributed by atoms with Gasteiger partial charge in [-0.3, -0.25) is 0 Å². The van der Waals surface area contributed by atoms with E-state index >= 15 is 0 Å². The SMILES string of the molecule is CC(CO)NCC1CCOCO1. The van der Waals surface area contributed by atoms with E-state index < -0.39 is 0 Å². The maximum Gasteiger partial charge on any atom is 0.147 e. The smallest absolute Gasteiger partial charge is 0.147 e. The van der Waals surface area contributed by atoms with Gasteiger partial charge in [-0.2, -0.15) is 0 Å². The van der Waals surface area contributed by atoms with Crippen LogP contribution in [0.4, 0.5) is 0 Å². The second-order valence-electron chi connectivity index (χ2n) is 3.10. The number of rotatable bonds is 4. The average Bonchev–Trinajstić information content (AvgIpc) is 2.16. The van der Waals surface area contributed by atoms with Crippen LogP contribution in [0.3, 0.4) is 0 Å². The van der Waals surface area contributed by atoms with Gasteiger partial charge in [0.1, 0.15) is 6.79 Å². The molecule has 2 N–H and O–H groups in total. The molecule has 0 spiro atoms. The molecule has 4 heteroatoms. The molecule has 72 valence electrons. The molecule has 0 amide bonds. The Hall–Kier alpha value is -0.160. The highest BCUT2D eigenvalue weighted by Crippen LogP contribution is 2.04. The Morgan fingerprint density at radius 3 is 3.08 bits per heavy atom. The minimum Gasteiger partial charge on any atom is -0.395 e. The van der Waals surface area contributed by atoms with Crippen LogP contribution < -0.4 is 5.32 Å². The largest absolute Gasteiger partial charge is 0.395 e. The first-order chi connectivity index (χ1) is 5.83. The summed E-state index contributed by atoms with van der Waals surface area (Å²) in [5, 5.41) is 11.9. The molecule has 4 nitrogen and oxygen atoms in total. The highest BCUT2D eigenvalue weighted by molar-refractivity contribution is 4.66. The lowest BCUT2D eigenvalue weighted by Gasteiger charge is -2.24. The summed E-state index contributed by atoms with van der Waals surface area (Å²) in [6.07, 6.45) is 1.18. The van der Waals surface area contributed by atoms with Gasteiger partial charge in [0, 0.05) is 12.6 Å². The predicted octanol–water partition coefficient (Wildman–Crippen LogP) is -0.280. The predicted molar refractivity (Wildman–Crippen MR) is 44.9 cm³/mol. The zero-order valence-corrected chi connectivity index (χ0v) is 7.45. The molecule has 0 aliphatic carbocycles. The van der Waals surface area contributed by atoms with Crippen LogP contribution in [0, 0.1) is 0 Å². The van der Waals surface area contributed by atoms with E-state index in [9.17, 15) is 0 Å². The number of aliphatic hydroxyl groups is 1. The molecule has 0 bridgehead atoms. The molecule has 1 fully saturated rings. The first-order valence-corrected chi connectivity index (χ1v) is 4.36. The highest BCUT2D eigenvalue weighted by Gasteiger charge is 2.14. The summed E-state index contributed by atoms with van der Waals surface area (Å²) in [6.45, 7) is 4.09. The van der Waals surface area contributed by atoms with Crippen molar-refractivity contribution in [2.75, 3.05) is 26.6 Å². The summed E-state index contributed by atoms with van der Waals surface area (Å²) < 4.78 is 10.3. The molecule has 0 aromatic carbocycles. The molecule has 0 aromatic rings. The van der Waals surface area contributed by atoms with Gasteiger partial charge in [0.2, 0.25) is 0 Å². The van der Waals surface area contributed by atoms with Crippen molar-refractivity contribution < 1.29 is 14.6 Å². The Balaban J connectivity index is 2.05. The van der Waals surface area contributed by atoms with Crippen molar-refractivity contribution >= 4 is 0 Å². The summed E-state index contributed by atoms with van der Waals surface area (Å²) >= 11 is 0. The van der Waals surface area contributed by atoms with Crippen LogP contribution in [0.2, 0.25) is 0 Å². The fraction of sp³-hybridized carbons (Fsp3) is 1.00. The molecule has 2 unspecified atom stereocenters. The van der Waals surface area contributed by atoms with Crippen molar-refractivity contribution in [3.8, 4) is 0 Å². The van der Waals surface area contributed by atoms with E-state index in [1.807, 2.05) is 6.92 Å². The number of nitrogens with one attached hydrogen (secondary N) is 1. The maximum absolute atomic E-state index is 8.74. The van der Waals surface area contributed by atoms with E-state index in [1.165, 1.54) is 0 Å². The van der Waals surface area contributed by atoms with Crippen molar-refractivity contribution in [2.45, 2.75) is 25.5 Å². The first-order valence-electron chi connectivity index (χ1n) is 4.36. The Labute approximate surface area is 72.9 Å². The fourth-order valence-corrected chi connectivity index (χ4v) is 1.06. The van der Waals surface area contributed by atoms with Crippen LogP contribution in [0.25, 0.3) is 0 Å². The normalized spacial score (nSPS) is 27.0. The quantitative estimate of drug-likeness (QED) is 0.617. The summed E-state index contributed by atoms with van der Waals surface area (Å²) in [7, 11) is 0. The van der Waals surface area contributed by atoms with Crippen LogP contribution in [0.15, 0.2) is 0 Å². The van der Waals surface area contributed by atoms with E-state index in [4.69, 9.17) is 14.6 Å². The molecule has 0 saturated carbocycles. The van der Waals surface area contributed by atoms with Crippen LogP contribution in [0.5, 0.6) is 0 Å². The van der Waals surface area contributed by atoms with Crippen molar-refractivity contribution in [1.82, 2.24) is 5.32 Å². The van der Waals surface area contributed by atoms with Gasteiger partial charge in [0.05, 0.1) is 19.3 Å². The van der Waals surface area contributed by atoms with Crippen molar-refractivity contribution in [3.63, 3.8) is 0 Å². The summed E-state index contributed by atoms with van der Waals surface area (Å²) in [6, 6.07) is 0.149. The molecule has 1 saturated heterocycles. The Bertz CT molecular complexity index is 115. The Morgan fingerprint density at radius 2 is 2.50 bits per heavy atom. The third kappa shape index (κ3) is 3.49. The zero-order valence-electron chi connectivity index (χ0n) is 7.45. The van der Waals surface area contributed by atoms with Crippen LogP contribution in [-0.4, -0.2) is 43.8 Å². The third-order valence-electron chi connectivity index (χ3n) is 1.94. The van der Waals surface area contributed by atoms with Crippen molar-refractivity contribution in [3.05, 3.63) is 0 Å². The zero-order chi connectivity index (χ0) is 8.81. The maximum atomic E-state index is 8.74. The molecule has 0 aromatic heterocycles. The minimum absolute atomic E-state index is 0.149. The Morgan fingerprint density at radius 1 is 1.67 bits per heavy atom. The average molecular weight is 175 g/mol. The van der Waals surface area contributed by atoms with Gasteiger partial charge >= 0.3 is 0 Å². The van der Waals surface area contributed by atoms with Gasteiger partial charge in [-0.15, -0.1) is 0 Å². The molecule has 2 atom stereocenters. The Kier molecular flexibility index (Phi) is 4.53. The number of hydrogen-bond donors (Lipinski definition) is 2. The topological polar surface area (TPSA) is 50.7 Å². The molecule has 12 heavy (non-hydrogen) atoms. The van der Waals surface area contributed by atoms with Crippen LogP contribution in [0.1, 0.15) is 13.3 Å². The van der Waals surface area contributed by atoms with Gasteiger partial charge in [-0.05, 0) is 13.3 Å². The van der Waals surface area contributed by atoms with E-state index in [0.29, 0.717) is 6.79 Å². The molecule has 1 aliphatic rings. The second kappa shape index (κ2) is 5.48. The summed E-state index contributed by atoms with van der Waals surface area (Å²) in [5.41, 5.74) is 0. The van der Waals surface area contributed by atoms with Crippen LogP contribution in [-0.2, 0) is 9.47 Å². The number of hydrogen-bond acceptors (Lipinski definition) is 4. The molecule has 1 aliphatic heterocycles. The van der Waals surface area contributed by atoms with Gasteiger partial charge in [0.25, 0.3) is 0 Å². The van der Waals surface area contributed by atoms with Crippen molar-refractivity contribution in [2.24, 2.45) is 0 Å². The summed E-state index contributed by atoms with van der Waals surface area (Å²) in [5.74, 6) is 0. The highest BCUT2D eigenvalue weighted by atomic mass is 16.7. The fourth-order valence-electron chi connectivity index (χ4n) is 1.06. The molecular formula is C8H17NO3. The van der Waals surface area contributed by atoms with Crippen molar-refractivity contribution in [1.29, 1.82) is 0 Å². The van der Waals surface area contributed by atoms with Gasteiger partial charge in [0.15, 0.2) is 0 Å². The lowest BCUT2D eigenvalue weighted by molar-refractivity contribution is -0.137. The van der Waals surface area contributed by atoms with E-state index in [0.717, 1.165) is 19.6 Å². The first kappa shape index (κ1) is 9.92. The molecule has 1 rings (SSSR count). The number of ether oxygens (including phenoxy) is 2. The van der Waals surface area contributed by atoms with E-state index in [-0.39, 0.29) is 18.8 Å². The second-order valence-corrected chi connectivity index (χ2v) is 3.10. The lowest BCUT2D eigenvalue weighted by Crippen LogP contribution is -2.39.